The quantitative estimate of drug-likeness (QED) is 0.426. The largest absolute Gasteiger partial charge is 0.507 e. The number of benzene rings is 2. The van der Waals surface area contributed by atoms with E-state index in [-0.39, 0.29) is 35.2 Å². The van der Waals surface area contributed by atoms with Crippen molar-refractivity contribution >= 4 is 0 Å². The fourth-order valence-corrected chi connectivity index (χ4v) is 3.07. The van der Waals surface area contributed by atoms with Gasteiger partial charge in [0.05, 0.1) is 6.10 Å². The Morgan fingerprint density at radius 1 is 1.08 bits per heavy atom. The number of aliphatic hydroxyl groups excluding tert-OH is 1. The lowest BCUT2D eigenvalue weighted by molar-refractivity contribution is 0.0196. The molecule has 1 heterocycles. The lowest BCUT2D eigenvalue weighted by Gasteiger charge is -2.32. The summed E-state index contributed by atoms with van der Waals surface area (Å²) in [5.74, 6) is -0.458. The number of fused-ring (bicyclic) bond motifs is 1. The first kappa shape index (κ1) is 17.9. The number of allylic oxidation sites excluding steroid dienone is 2. The Labute approximate surface area is 151 Å². The zero-order valence-corrected chi connectivity index (χ0v) is 14.6. The predicted octanol–water partition coefficient (Wildman–Crippen LogP) is 3.05. The Balaban J connectivity index is 1.97. The molecule has 2 atom stereocenters. The van der Waals surface area contributed by atoms with E-state index in [1.165, 1.54) is 24.3 Å². The first-order valence-corrected chi connectivity index (χ1v) is 8.34. The molecule has 0 bridgehead atoms. The van der Waals surface area contributed by atoms with Crippen molar-refractivity contribution in [2.45, 2.75) is 38.9 Å². The SMILES string of the molecule is CC(C)=CCc1c(O)cc2c(c1O)CC(O)C(c1ccc(O)c(O)c1)O2. The highest BCUT2D eigenvalue weighted by atomic mass is 16.5. The monoisotopic (exact) mass is 358 g/mol. The standard InChI is InChI=1S/C20H22O6/c1-10(2)3-5-12-15(22)9-18-13(19(12)25)8-17(24)20(26-18)11-4-6-14(21)16(23)7-11/h3-4,6-7,9,17,20-25H,5,8H2,1-2H3. The van der Waals surface area contributed by atoms with Crippen molar-refractivity contribution in [1.29, 1.82) is 0 Å². The van der Waals surface area contributed by atoms with Gasteiger partial charge in [-0.15, -0.1) is 0 Å². The minimum absolute atomic E-state index is 0.0800. The van der Waals surface area contributed by atoms with E-state index in [0.29, 0.717) is 23.1 Å². The van der Waals surface area contributed by atoms with Crippen molar-refractivity contribution < 1.29 is 30.3 Å². The van der Waals surface area contributed by atoms with E-state index in [9.17, 15) is 25.5 Å². The predicted molar refractivity (Wildman–Crippen MR) is 95.8 cm³/mol. The Morgan fingerprint density at radius 3 is 2.46 bits per heavy atom. The third kappa shape index (κ3) is 3.28. The number of rotatable bonds is 3. The Morgan fingerprint density at radius 2 is 1.81 bits per heavy atom. The molecule has 0 saturated heterocycles. The second kappa shape index (κ2) is 6.80. The average Bonchev–Trinajstić information content (AvgIpc) is 2.57. The van der Waals surface area contributed by atoms with Gasteiger partial charge in [0.15, 0.2) is 11.5 Å². The fraction of sp³-hybridized carbons (Fsp3) is 0.300. The zero-order chi connectivity index (χ0) is 19.0. The van der Waals surface area contributed by atoms with E-state index < -0.39 is 12.2 Å². The topological polar surface area (TPSA) is 110 Å². The van der Waals surface area contributed by atoms with Crippen LogP contribution in [0.5, 0.6) is 28.7 Å². The summed E-state index contributed by atoms with van der Waals surface area (Å²) in [6.45, 7) is 3.86. The third-order valence-electron chi connectivity index (χ3n) is 4.51. The van der Waals surface area contributed by atoms with E-state index in [2.05, 4.69) is 0 Å². The van der Waals surface area contributed by atoms with Crippen LogP contribution in [0.2, 0.25) is 0 Å². The summed E-state index contributed by atoms with van der Waals surface area (Å²) in [5.41, 5.74) is 2.37. The molecule has 6 heteroatoms. The van der Waals surface area contributed by atoms with Gasteiger partial charge in [-0.3, -0.25) is 0 Å². The van der Waals surface area contributed by atoms with E-state index in [1.54, 1.807) is 0 Å². The highest BCUT2D eigenvalue weighted by molar-refractivity contribution is 5.58. The van der Waals surface area contributed by atoms with Gasteiger partial charge in [0.25, 0.3) is 0 Å². The Hall–Kier alpha value is -2.86. The Kier molecular flexibility index (Phi) is 4.70. The molecule has 2 aromatic carbocycles. The molecule has 0 aromatic heterocycles. The van der Waals surface area contributed by atoms with Crippen LogP contribution in [0.15, 0.2) is 35.9 Å². The van der Waals surface area contributed by atoms with E-state index in [0.717, 1.165) is 5.57 Å². The molecule has 3 rings (SSSR count). The lowest BCUT2D eigenvalue weighted by Crippen LogP contribution is -2.30. The van der Waals surface area contributed by atoms with Crippen LogP contribution in [0.3, 0.4) is 0 Å². The van der Waals surface area contributed by atoms with E-state index >= 15 is 0 Å². The zero-order valence-electron chi connectivity index (χ0n) is 14.6. The van der Waals surface area contributed by atoms with Crippen molar-refractivity contribution in [2.75, 3.05) is 0 Å². The van der Waals surface area contributed by atoms with Crippen molar-refractivity contribution in [3.63, 3.8) is 0 Å². The minimum atomic E-state index is -0.960. The maximum Gasteiger partial charge on any atom is 0.157 e. The van der Waals surface area contributed by atoms with Gasteiger partial charge in [-0.1, -0.05) is 17.7 Å². The second-order valence-corrected chi connectivity index (χ2v) is 6.74. The summed E-state index contributed by atoms with van der Waals surface area (Å²) in [7, 11) is 0. The number of phenols is 4. The molecule has 0 fully saturated rings. The van der Waals surface area contributed by atoms with Crippen LogP contribution in [0.4, 0.5) is 0 Å². The van der Waals surface area contributed by atoms with Crippen LogP contribution in [0, 0.1) is 0 Å². The van der Waals surface area contributed by atoms with Gasteiger partial charge in [-0.25, -0.2) is 0 Å². The van der Waals surface area contributed by atoms with Gasteiger partial charge in [-0.2, -0.15) is 0 Å². The summed E-state index contributed by atoms with van der Waals surface area (Å²) < 4.78 is 5.79. The number of aliphatic hydroxyl groups is 1. The number of phenolic OH excluding ortho intramolecular Hbond substituents is 4. The van der Waals surface area contributed by atoms with Crippen molar-refractivity contribution in [3.8, 4) is 28.7 Å². The van der Waals surface area contributed by atoms with Gasteiger partial charge in [0.2, 0.25) is 0 Å². The molecule has 1 aliphatic heterocycles. The molecule has 2 unspecified atom stereocenters. The molecule has 0 saturated carbocycles. The minimum Gasteiger partial charge on any atom is -0.507 e. The molecule has 5 N–H and O–H groups in total. The van der Waals surface area contributed by atoms with Crippen LogP contribution in [0.1, 0.15) is 36.6 Å². The number of aromatic hydroxyl groups is 4. The van der Waals surface area contributed by atoms with Crippen LogP contribution in [-0.4, -0.2) is 31.6 Å². The molecule has 6 nitrogen and oxygen atoms in total. The molecular formula is C20H22O6. The third-order valence-corrected chi connectivity index (χ3v) is 4.51. The van der Waals surface area contributed by atoms with Gasteiger partial charge in [0, 0.05) is 23.6 Å². The number of hydrogen-bond donors (Lipinski definition) is 5. The first-order valence-electron chi connectivity index (χ1n) is 8.34. The maximum absolute atomic E-state index is 10.5. The Bertz CT molecular complexity index is 867. The van der Waals surface area contributed by atoms with Crippen LogP contribution in [-0.2, 0) is 12.8 Å². The second-order valence-electron chi connectivity index (χ2n) is 6.74. The molecule has 1 aliphatic rings. The first-order chi connectivity index (χ1) is 12.3. The van der Waals surface area contributed by atoms with Crippen molar-refractivity contribution in [2.24, 2.45) is 0 Å². The van der Waals surface area contributed by atoms with Gasteiger partial charge in [0.1, 0.15) is 23.4 Å². The summed E-state index contributed by atoms with van der Waals surface area (Å²) in [6, 6.07) is 5.60. The van der Waals surface area contributed by atoms with E-state index in [4.69, 9.17) is 4.74 Å². The lowest BCUT2D eigenvalue weighted by atomic mass is 9.91. The van der Waals surface area contributed by atoms with Gasteiger partial charge in [-0.05, 0) is 38.0 Å². The molecule has 26 heavy (non-hydrogen) atoms. The normalized spacial score (nSPS) is 18.7. The van der Waals surface area contributed by atoms with Crippen molar-refractivity contribution in [3.05, 3.63) is 52.6 Å². The molecule has 0 aliphatic carbocycles. The van der Waals surface area contributed by atoms with Gasteiger partial charge >= 0.3 is 0 Å². The number of ether oxygens (including phenoxy) is 1. The van der Waals surface area contributed by atoms with Crippen LogP contribution in [0.25, 0.3) is 0 Å². The number of hydrogen-bond acceptors (Lipinski definition) is 6. The summed E-state index contributed by atoms with van der Waals surface area (Å²) in [4.78, 5) is 0. The highest BCUT2D eigenvalue weighted by Gasteiger charge is 2.33. The van der Waals surface area contributed by atoms with Crippen molar-refractivity contribution in [1.82, 2.24) is 0 Å². The molecule has 0 radical (unpaired) electrons. The van der Waals surface area contributed by atoms with E-state index in [1.807, 2.05) is 19.9 Å². The summed E-state index contributed by atoms with van der Waals surface area (Å²) >= 11 is 0. The van der Waals surface area contributed by atoms with Crippen LogP contribution < -0.4 is 4.74 Å². The van der Waals surface area contributed by atoms with Gasteiger partial charge < -0.3 is 30.3 Å². The maximum atomic E-state index is 10.5. The molecule has 138 valence electrons. The smallest absolute Gasteiger partial charge is 0.157 e. The summed E-state index contributed by atoms with van der Waals surface area (Å²) in [5, 5.41) is 50.4. The molecular weight excluding hydrogens is 336 g/mol. The van der Waals surface area contributed by atoms with Crippen LogP contribution >= 0.6 is 0 Å². The average molecular weight is 358 g/mol. The highest BCUT2D eigenvalue weighted by Crippen LogP contribution is 2.45. The molecule has 0 amide bonds. The fourth-order valence-electron chi connectivity index (χ4n) is 3.07. The molecule has 2 aromatic rings. The summed E-state index contributed by atoms with van der Waals surface area (Å²) in [6.07, 6.45) is 0.645. The molecule has 0 spiro atoms.